The Morgan fingerprint density at radius 2 is 1.76 bits per heavy atom. The van der Waals surface area contributed by atoms with Crippen LogP contribution in [-0.2, 0) is 32.4 Å². The predicted octanol–water partition coefficient (Wildman–Crippen LogP) is 5.11. The van der Waals surface area contributed by atoms with Gasteiger partial charge in [0.05, 0.1) is 12.2 Å². The summed E-state index contributed by atoms with van der Waals surface area (Å²) in [5.74, 6) is 1.35. The van der Waals surface area contributed by atoms with Gasteiger partial charge in [-0.15, -0.1) is 0 Å². The van der Waals surface area contributed by atoms with E-state index in [-0.39, 0.29) is 5.91 Å². The Bertz CT molecular complexity index is 1360. The van der Waals surface area contributed by atoms with Crippen molar-refractivity contribution in [3.05, 3.63) is 99.6 Å². The van der Waals surface area contributed by atoms with Crippen molar-refractivity contribution < 1.29 is 9.21 Å². The zero-order chi connectivity index (χ0) is 22.5. The lowest BCUT2D eigenvalue weighted by atomic mass is 9.93. The monoisotopic (exact) mass is 437 g/mol. The van der Waals surface area contributed by atoms with Gasteiger partial charge in [0, 0.05) is 36.8 Å². The van der Waals surface area contributed by atoms with Crippen LogP contribution >= 0.6 is 0 Å². The molecule has 3 heterocycles. The van der Waals surface area contributed by atoms with Crippen molar-refractivity contribution in [1.29, 1.82) is 0 Å². The van der Waals surface area contributed by atoms with Crippen LogP contribution in [0.1, 0.15) is 49.7 Å². The highest BCUT2D eigenvalue weighted by Gasteiger charge is 2.32. The minimum absolute atomic E-state index is 0.0166. The van der Waals surface area contributed by atoms with E-state index in [0.717, 1.165) is 54.9 Å². The molecule has 0 saturated heterocycles. The van der Waals surface area contributed by atoms with Gasteiger partial charge < -0.3 is 9.32 Å². The average molecular weight is 438 g/mol. The SMILES string of the molecule is Cc1ccc(Cn2cc3c(n2)-c2c(oc(C(=O)N4CCc5ccccc5C4)c2C)CC3)cc1. The summed E-state index contributed by atoms with van der Waals surface area (Å²) < 4.78 is 8.21. The second-order valence-electron chi connectivity index (χ2n) is 9.29. The number of carbonyl (C=O) groups excluding carboxylic acids is 1. The highest BCUT2D eigenvalue weighted by Crippen LogP contribution is 2.39. The third-order valence-corrected chi connectivity index (χ3v) is 6.99. The Morgan fingerprint density at radius 3 is 2.58 bits per heavy atom. The standard InChI is InChI=1S/C28H27N3O2/c1-18-7-9-20(10-8-18)15-31-17-23-11-12-24-25(26(23)29-31)19(2)27(33-24)28(32)30-14-13-21-5-3-4-6-22(21)16-30/h3-10,17H,11-16H2,1-2H3. The quantitative estimate of drug-likeness (QED) is 0.448. The van der Waals surface area contributed by atoms with Gasteiger partial charge in [-0.25, -0.2) is 0 Å². The van der Waals surface area contributed by atoms with Gasteiger partial charge >= 0.3 is 0 Å². The molecule has 5 nitrogen and oxygen atoms in total. The van der Waals surface area contributed by atoms with Crippen molar-refractivity contribution >= 4 is 5.91 Å². The van der Waals surface area contributed by atoms with Crippen LogP contribution in [0, 0.1) is 13.8 Å². The Labute approximate surface area is 193 Å². The first-order valence-electron chi connectivity index (χ1n) is 11.7. The van der Waals surface area contributed by atoms with Crippen LogP contribution in [0.3, 0.4) is 0 Å². The highest BCUT2D eigenvalue weighted by molar-refractivity contribution is 5.95. The van der Waals surface area contributed by atoms with Crippen LogP contribution < -0.4 is 0 Å². The molecule has 2 aliphatic rings. The lowest BCUT2D eigenvalue weighted by Crippen LogP contribution is -2.36. The van der Waals surface area contributed by atoms with Crippen molar-refractivity contribution in [2.75, 3.05) is 6.54 Å². The summed E-state index contributed by atoms with van der Waals surface area (Å²) in [4.78, 5) is 15.4. The molecular weight excluding hydrogens is 410 g/mol. The predicted molar refractivity (Wildman–Crippen MR) is 127 cm³/mol. The Balaban J connectivity index is 1.29. The van der Waals surface area contributed by atoms with E-state index in [1.807, 2.05) is 22.6 Å². The summed E-state index contributed by atoms with van der Waals surface area (Å²) in [6.45, 7) is 6.19. The smallest absolute Gasteiger partial charge is 0.290 e. The molecule has 0 spiro atoms. The molecule has 0 radical (unpaired) electrons. The molecule has 4 aromatic rings. The van der Waals surface area contributed by atoms with E-state index >= 15 is 0 Å². The topological polar surface area (TPSA) is 51.3 Å². The number of nitrogens with zero attached hydrogens (tertiary/aromatic N) is 3. The molecule has 0 atom stereocenters. The van der Waals surface area contributed by atoms with Crippen LogP contribution in [-0.4, -0.2) is 27.1 Å². The molecule has 6 rings (SSSR count). The molecule has 0 unspecified atom stereocenters. The number of hydrogen-bond donors (Lipinski definition) is 0. The van der Waals surface area contributed by atoms with Gasteiger partial charge in [0.25, 0.3) is 5.91 Å². The van der Waals surface area contributed by atoms with Crippen molar-refractivity contribution in [3.8, 4) is 11.3 Å². The van der Waals surface area contributed by atoms with Crippen molar-refractivity contribution in [2.24, 2.45) is 0 Å². The van der Waals surface area contributed by atoms with Crippen LogP contribution in [0.4, 0.5) is 0 Å². The molecule has 1 amide bonds. The lowest BCUT2D eigenvalue weighted by molar-refractivity contribution is 0.0699. The summed E-state index contributed by atoms with van der Waals surface area (Å²) in [5.41, 5.74) is 9.16. The molecule has 1 aliphatic heterocycles. The van der Waals surface area contributed by atoms with Crippen molar-refractivity contribution in [1.82, 2.24) is 14.7 Å². The zero-order valence-electron chi connectivity index (χ0n) is 19.1. The normalized spacial score (nSPS) is 14.5. The maximum Gasteiger partial charge on any atom is 0.290 e. The number of aromatic nitrogens is 2. The van der Waals surface area contributed by atoms with E-state index in [1.165, 1.54) is 27.8 Å². The first-order chi connectivity index (χ1) is 16.1. The van der Waals surface area contributed by atoms with Crippen LogP contribution in [0.2, 0.25) is 0 Å². The van der Waals surface area contributed by atoms with Gasteiger partial charge in [0.1, 0.15) is 5.76 Å². The number of benzene rings is 2. The number of rotatable bonds is 3. The highest BCUT2D eigenvalue weighted by atomic mass is 16.4. The minimum Gasteiger partial charge on any atom is -0.455 e. The fraction of sp³-hybridized carbons (Fsp3) is 0.286. The van der Waals surface area contributed by atoms with E-state index in [2.05, 4.69) is 55.6 Å². The number of amides is 1. The third-order valence-electron chi connectivity index (χ3n) is 6.99. The van der Waals surface area contributed by atoms with Crippen LogP contribution in [0.25, 0.3) is 11.3 Å². The molecule has 166 valence electrons. The van der Waals surface area contributed by atoms with Crippen LogP contribution in [0.15, 0.2) is 59.1 Å². The van der Waals surface area contributed by atoms with Crippen LogP contribution in [0.5, 0.6) is 0 Å². The number of furan rings is 1. The molecule has 2 aromatic heterocycles. The average Bonchev–Trinajstić information content (AvgIpc) is 3.40. The molecule has 5 heteroatoms. The maximum absolute atomic E-state index is 13.4. The largest absolute Gasteiger partial charge is 0.455 e. The van der Waals surface area contributed by atoms with Gasteiger partial charge in [0.15, 0.2) is 5.76 Å². The molecular formula is C28H27N3O2. The summed E-state index contributed by atoms with van der Waals surface area (Å²) >= 11 is 0. The molecule has 0 fully saturated rings. The fourth-order valence-corrected chi connectivity index (χ4v) is 5.14. The second-order valence-corrected chi connectivity index (χ2v) is 9.29. The summed E-state index contributed by atoms with van der Waals surface area (Å²) in [6, 6.07) is 16.9. The summed E-state index contributed by atoms with van der Waals surface area (Å²) in [6.07, 6.45) is 4.71. The Kier molecular flexibility index (Phi) is 4.72. The van der Waals surface area contributed by atoms with Gasteiger partial charge in [-0.1, -0.05) is 54.1 Å². The number of carbonyl (C=O) groups is 1. The Morgan fingerprint density at radius 1 is 0.970 bits per heavy atom. The zero-order valence-corrected chi connectivity index (χ0v) is 19.1. The van der Waals surface area contributed by atoms with Crippen molar-refractivity contribution in [2.45, 2.75) is 46.2 Å². The van der Waals surface area contributed by atoms with Gasteiger partial charge in [0.2, 0.25) is 0 Å². The van der Waals surface area contributed by atoms with E-state index < -0.39 is 0 Å². The molecule has 2 aromatic carbocycles. The number of fused-ring (bicyclic) bond motifs is 4. The lowest BCUT2D eigenvalue weighted by Gasteiger charge is -2.28. The van der Waals surface area contributed by atoms with E-state index in [4.69, 9.17) is 9.52 Å². The van der Waals surface area contributed by atoms with Crippen molar-refractivity contribution in [3.63, 3.8) is 0 Å². The van der Waals surface area contributed by atoms with Gasteiger partial charge in [-0.05, 0) is 48.9 Å². The minimum atomic E-state index is -0.0166. The van der Waals surface area contributed by atoms with Gasteiger partial charge in [-0.2, -0.15) is 5.10 Å². The summed E-state index contributed by atoms with van der Waals surface area (Å²) in [5, 5.41) is 4.92. The molecule has 0 N–H and O–H groups in total. The fourth-order valence-electron chi connectivity index (χ4n) is 5.14. The van der Waals surface area contributed by atoms with Gasteiger partial charge in [-0.3, -0.25) is 9.48 Å². The van der Waals surface area contributed by atoms with E-state index in [9.17, 15) is 4.79 Å². The molecule has 0 saturated carbocycles. The number of hydrogen-bond acceptors (Lipinski definition) is 3. The number of aryl methyl sites for hydroxylation is 3. The van der Waals surface area contributed by atoms with E-state index in [1.54, 1.807) is 0 Å². The maximum atomic E-state index is 13.4. The summed E-state index contributed by atoms with van der Waals surface area (Å²) in [7, 11) is 0. The Hall–Kier alpha value is -3.60. The van der Waals surface area contributed by atoms with E-state index in [0.29, 0.717) is 12.3 Å². The second kappa shape index (κ2) is 7.77. The molecule has 0 bridgehead atoms. The third kappa shape index (κ3) is 3.48. The first-order valence-corrected chi connectivity index (χ1v) is 11.7. The first kappa shape index (κ1) is 20.0. The molecule has 1 aliphatic carbocycles. The molecule has 33 heavy (non-hydrogen) atoms.